The number of aryl methyl sites for hydroxylation is 1. The third kappa shape index (κ3) is 3.27. The number of benzene rings is 2. The highest BCUT2D eigenvalue weighted by Gasteiger charge is 2.25. The van der Waals surface area contributed by atoms with Gasteiger partial charge in [0.05, 0.1) is 18.8 Å². The number of hydrogen-bond acceptors (Lipinski definition) is 4. The van der Waals surface area contributed by atoms with Crippen molar-refractivity contribution in [2.75, 3.05) is 36.5 Å². The predicted molar refractivity (Wildman–Crippen MR) is 97.7 cm³/mol. The summed E-state index contributed by atoms with van der Waals surface area (Å²) < 4.78 is 10.6. The Labute approximate surface area is 147 Å². The average Bonchev–Trinajstić information content (AvgIpc) is 3.24. The van der Waals surface area contributed by atoms with Crippen LogP contribution >= 0.6 is 0 Å². The number of fused-ring (bicyclic) bond motifs is 1. The number of hydrogen-bond donors (Lipinski definition) is 1. The molecule has 5 nitrogen and oxygen atoms in total. The van der Waals surface area contributed by atoms with Gasteiger partial charge in [0, 0.05) is 18.7 Å². The van der Waals surface area contributed by atoms with E-state index >= 15 is 0 Å². The molecule has 2 aromatic carbocycles. The molecular formula is C20H22N2O3. The van der Waals surface area contributed by atoms with Crippen molar-refractivity contribution in [1.82, 2.24) is 0 Å². The topological polar surface area (TPSA) is 50.8 Å². The molecule has 0 saturated carbocycles. The van der Waals surface area contributed by atoms with Crippen LogP contribution in [0.25, 0.3) is 0 Å². The van der Waals surface area contributed by atoms with Crippen molar-refractivity contribution in [3.05, 3.63) is 53.1 Å². The molecule has 0 unspecified atom stereocenters. The number of carbonyl (C=O) groups excluding carboxylic acids is 1. The summed E-state index contributed by atoms with van der Waals surface area (Å²) in [6.45, 7) is 4.71. The number of ether oxygens (including phenoxy) is 2. The molecule has 0 spiro atoms. The van der Waals surface area contributed by atoms with E-state index in [2.05, 4.69) is 29.6 Å². The van der Waals surface area contributed by atoms with Gasteiger partial charge in [-0.3, -0.25) is 4.90 Å². The first-order valence-corrected chi connectivity index (χ1v) is 8.74. The third-order valence-electron chi connectivity index (χ3n) is 4.76. The van der Waals surface area contributed by atoms with E-state index in [-0.39, 0.29) is 6.09 Å². The third-order valence-corrected chi connectivity index (χ3v) is 4.76. The molecule has 4 rings (SSSR count). The second-order valence-corrected chi connectivity index (χ2v) is 6.48. The van der Waals surface area contributed by atoms with Crippen molar-refractivity contribution in [1.29, 1.82) is 0 Å². The van der Waals surface area contributed by atoms with Crippen LogP contribution < -0.4 is 15.0 Å². The minimum Gasteiger partial charge on any atom is -0.493 e. The second kappa shape index (κ2) is 6.67. The van der Waals surface area contributed by atoms with Gasteiger partial charge in [-0.2, -0.15) is 0 Å². The first-order chi connectivity index (χ1) is 12.2. The summed E-state index contributed by atoms with van der Waals surface area (Å²) in [5.41, 5.74) is 5.63. The molecule has 0 bridgehead atoms. The van der Waals surface area contributed by atoms with Crippen molar-refractivity contribution in [2.24, 2.45) is 0 Å². The number of amides is 1. The SMILES string of the molecule is Cc1ccc(NCCc2ccc3c(c2)CCO3)cc1N1CCOC1=O. The minimum atomic E-state index is -0.263. The normalized spacial score (nSPS) is 15.7. The van der Waals surface area contributed by atoms with Gasteiger partial charge in [-0.25, -0.2) is 4.79 Å². The summed E-state index contributed by atoms with van der Waals surface area (Å²) >= 11 is 0. The molecule has 0 aliphatic carbocycles. The predicted octanol–water partition coefficient (Wildman–Crippen LogP) is 3.54. The van der Waals surface area contributed by atoms with Crippen LogP contribution in [0.4, 0.5) is 16.2 Å². The number of rotatable bonds is 5. The van der Waals surface area contributed by atoms with Gasteiger partial charge in [-0.05, 0) is 48.2 Å². The zero-order valence-electron chi connectivity index (χ0n) is 14.4. The van der Waals surface area contributed by atoms with Crippen molar-refractivity contribution < 1.29 is 14.3 Å². The Kier molecular flexibility index (Phi) is 4.22. The fourth-order valence-corrected chi connectivity index (χ4v) is 3.37. The van der Waals surface area contributed by atoms with Crippen LogP contribution in [0.1, 0.15) is 16.7 Å². The van der Waals surface area contributed by atoms with Crippen molar-refractivity contribution in [2.45, 2.75) is 19.8 Å². The molecule has 2 aliphatic rings. The number of carbonyl (C=O) groups is 1. The molecule has 1 amide bonds. The van der Waals surface area contributed by atoms with Gasteiger partial charge >= 0.3 is 6.09 Å². The van der Waals surface area contributed by atoms with Gasteiger partial charge in [-0.1, -0.05) is 18.2 Å². The second-order valence-electron chi connectivity index (χ2n) is 6.48. The van der Waals surface area contributed by atoms with Crippen LogP contribution in [0, 0.1) is 6.92 Å². The van der Waals surface area contributed by atoms with Gasteiger partial charge in [0.2, 0.25) is 0 Å². The van der Waals surface area contributed by atoms with Crippen LogP contribution in [0.15, 0.2) is 36.4 Å². The van der Waals surface area contributed by atoms with E-state index in [1.807, 2.05) is 19.1 Å². The van der Waals surface area contributed by atoms with Crippen LogP contribution in [-0.2, 0) is 17.6 Å². The van der Waals surface area contributed by atoms with Gasteiger partial charge in [0.1, 0.15) is 12.4 Å². The Morgan fingerprint density at radius 3 is 2.88 bits per heavy atom. The summed E-state index contributed by atoms with van der Waals surface area (Å²) in [4.78, 5) is 13.5. The lowest BCUT2D eigenvalue weighted by Crippen LogP contribution is -2.24. The molecule has 25 heavy (non-hydrogen) atoms. The molecule has 2 heterocycles. The average molecular weight is 338 g/mol. The van der Waals surface area contributed by atoms with Crippen molar-refractivity contribution in [3.8, 4) is 5.75 Å². The maximum Gasteiger partial charge on any atom is 0.414 e. The maximum atomic E-state index is 11.8. The Hall–Kier alpha value is -2.69. The van der Waals surface area contributed by atoms with E-state index in [1.165, 1.54) is 11.1 Å². The molecule has 5 heteroatoms. The van der Waals surface area contributed by atoms with Gasteiger partial charge in [0.15, 0.2) is 0 Å². The molecule has 1 saturated heterocycles. The van der Waals surface area contributed by atoms with E-state index in [1.54, 1.807) is 4.90 Å². The molecule has 0 atom stereocenters. The van der Waals surface area contributed by atoms with Crippen molar-refractivity contribution >= 4 is 17.5 Å². The van der Waals surface area contributed by atoms with Crippen molar-refractivity contribution in [3.63, 3.8) is 0 Å². The van der Waals surface area contributed by atoms with Gasteiger partial charge in [-0.15, -0.1) is 0 Å². The van der Waals surface area contributed by atoms with E-state index in [9.17, 15) is 4.79 Å². The zero-order valence-corrected chi connectivity index (χ0v) is 14.4. The lowest BCUT2D eigenvalue weighted by Gasteiger charge is -2.17. The molecule has 130 valence electrons. The fraction of sp³-hybridized carbons (Fsp3) is 0.350. The number of anilines is 2. The lowest BCUT2D eigenvalue weighted by atomic mass is 10.1. The highest BCUT2D eigenvalue weighted by atomic mass is 16.6. The van der Waals surface area contributed by atoms with Gasteiger partial charge < -0.3 is 14.8 Å². The summed E-state index contributed by atoms with van der Waals surface area (Å²) in [6.07, 6.45) is 1.69. The summed E-state index contributed by atoms with van der Waals surface area (Å²) in [5.74, 6) is 1.03. The first-order valence-electron chi connectivity index (χ1n) is 8.74. The lowest BCUT2D eigenvalue weighted by molar-refractivity contribution is 0.181. The van der Waals surface area contributed by atoms with Crippen LogP contribution in [-0.4, -0.2) is 32.4 Å². The monoisotopic (exact) mass is 338 g/mol. The van der Waals surface area contributed by atoms with E-state index in [0.717, 1.165) is 48.7 Å². The molecule has 1 N–H and O–H groups in total. The Bertz CT molecular complexity index is 804. The van der Waals surface area contributed by atoms with Gasteiger partial charge in [0.25, 0.3) is 0 Å². The van der Waals surface area contributed by atoms with E-state index in [4.69, 9.17) is 9.47 Å². The minimum absolute atomic E-state index is 0.263. The van der Waals surface area contributed by atoms with Crippen LogP contribution in [0.2, 0.25) is 0 Å². The molecule has 0 radical (unpaired) electrons. The maximum absolute atomic E-state index is 11.8. The molecule has 2 aromatic rings. The zero-order chi connectivity index (χ0) is 17.2. The smallest absolute Gasteiger partial charge is 0.414 e. The number of cyclic esters (lactones) is 1. The standard InChI is InChI=1S/C20H22N2O3/c1-14-2-4-17(13-18(14)22-9-11-25-20(22)23)21-8-6-15-3-5-19-16(12-15)7-10-24-19/h2-5,12-13,21H,6-11H2,1H3. The number of nitrogens with zero attached hydrogens (tertiary/aromatic N) is 1. The summed E-state index contributed by atoms with van der Waals surface area (Å²) in [5, 5.41) is 3.46. The first kappa shape index (κ1) is 15.8. The largest absolute Gasteiger partial charge is 0.493 e. The Morgan fingerprint density at radius 1 is 1.12 bits per heavy atom. The Balaban J connectivity index is 1.40. The molecule has 0 aromatic heterocycles. The molecule has 2 aliphatic heterocycles. The van der Waals surface area contributed by atoms with Crippen LogP contribution in [0.3, 0.4) is 0 Å². The highest BCUT2D eigenvalue weighted by molar-refractivity contribution is 5.91. The van der Waals surface area contributed by atoms with Crippen LogP contribution in [0.5, 0.6) is 5.75 Å². The molecule has 1 fully saturated rings. The quantitative estimate of drug-likeness (QED) is 0.906. The van der Waals surface area contributed by atoms with E-state index < -0.39 is 0 Å². The molecular weight excluding hydrogens is 316 g/mol. The summed E-state index contributed by atoms with van der Waals surface area (Å²) in [7, 11) is 0. The number of nitrogens with one attached hydrogen (secondary N) is 1. The summed E-state index contributed by atoms with van der Waals surface area (Å²) in [6, 6.07) is 12.6. The van der Waals surface area contributed by atoms with E-state index in [0.29, 0.717) is 13.2 Å². The Morgan fingerprint density at radius 2 is 2.04 bits per heavy atom. The highest BCUT2D eigenvalue weighted by Crippen LogP contribution is 2.28. The fourth-order valence-electron chi connectivity index (χ4n) is 3.37.